The summed E-state index contributed by atoms with van der Waals surface area (Å²) in [7, 11) is 6.35. The van der Waals surface area contributed by atoms with Crippen LogP contribution in [-0.4, -0.2) is 70.0 Å². The van der Waals surface area contributed by atoms with Gasteiger partial charge in [0.1, 0.15) is 6.54 Å². The summed E-state index contributed by atoms with van der Waals surface area (Å²) in [6, 6.07) is 16.2. The average molecular weight is 639 g/mol. The minimum Gasteiger partial charge on any atom is -0.338 e. The van der Waals surface area contributed by atoms with E-state index in [1.54, 1.807) is 24.9 Å². The quantitative estimate of drug-likeness (QED) is 0.146. The topological polar surface area (TPSA) is 44.5 Å². The van der Waals surface area contributed by atoms with Gasteiger partial charge in [-0.15, -0.1) is 0 Å². The number of benzene rings is 2. The van der Waals surface area contributed by atoms with Crippen molar-refractivity contribution in [3.05, 3.63) is 65.3 Å². The van der Waals surface area contributed by atoms with Crippen molar-refractivity contribution in [2.24, 2.45) is 0 Å². The number of halogens is 1. The lowest BCUT2D eigenvalue weighted by molar-refractivity contribution is -0.869. The lowest BCUT2D eigenvalue weighted by Crippen LogP contribution is -2.42. The Hall–Kier alpha value is -1.66. The third-order valence-electron chi connectivity index (χ3n) is 6.40. The van der Waals surface area contributed by atoms with Gasteiger partial charge >= 0.3 is 0 Å². The summed E-state index contributed by atoms with van der Waals surface area (Å²) in [5.74, 6) is 0. The molecule has 0 saturated carbocycles. The van der Waals surface area contributed by atoms with Gasteiger partial charge in [-0.3, -0.25) is 0 Å². The van der Waals surface area contributed by atoms with Crippen LogP contribution in [0.3, 0.4) is 0 Å². The largest absolute Gasteiger partial charge is 0.338 e. The van der Waals surface area contributed by atoms with E-state index in [2.05, 4.69) is 95.8 Å². The molecule has 36 heavy (non-hydrogen) atoms. The summed E-state index contributed by atoms with van der Waals surface area (Å²) in [6.07, 6.45) is 5.52. The molecule has 0 saturated heterocycles. The molecule has 0 radical (unpaired) electrons. The van der Waals surface area contributed by atoms with E-state index < -0.39 is 10.0 Å². The maximum atomic E-state index is 13.2. The molecule has 6 nitrogen and oxygen atoms in total. The molecule has 0 amide bonds. The van der Waals surface area contributed by atoms with Crippen LogP contribution in [0.1, 0.15) is 12.0 Å². The van der Waals surface area contributed by atoms with Crippen molar-refractivity contribution in [3.63, 3.8) is 0 Å². The molecular formula is C27H35IN4O2S2+2. The number of fused-ring (bicyclic) bond motifs is 2. The fourth-order valence-electron chi connectivity index (χ4n) is 4.17. The molecular weight excluding hydrogens is 603 g/mol. The van der Waals surface area contributed by atoms with Gasteiger partial charge in [-0.2, -0.15) is 8.87 Å². The highest BCUT2D eigenvalue weighted by Gasteiger charge is 2.28. The van der Waals surface area contributed by atoms with Gasteiger partial charge in [0.25, 0.3) is 0 Å². The lowest BCUT2D eigenvalue weighted by Gasteiger charge is -2.26. The van der Waals surface area contributed by atoms with E-state index in [9.17, 15) is 8.42 Å². The van der Waals surface area contributed by atoms with Gasteiger partial charge in [0.2, 0.25) is 15.5 Å². The number of anilines is 1. The second-order valence-corrected chi connectivity index (χ2v) is 14.3. The fourth-order valence-corrected chi connectivity index (χ4v) is 6.92. The smallest absolute Gasteiger partial charge is 0.243 e. The molecule has 0 aliphatic carbocycles. The highest BCUT2D eigenvalue weighted by Crippen LogP contribution is 2.47. The third-order valence-corrected chi connectivity index (χ3v) is 10.2. The number of sulfonamides is 1. The molecule has 1 aromatic heterocycles. The second kappa shape index (κ2) is 11.0. The molecule has 0 bridgehead atoms. The van der Waals surface area contributed by atoms with Crippen molar-refractivity contribution < 1.29 is 17.5 Å². The summed E-state index contributed by atoms with van der Waals surface area (Å²) >= 11 is 4.04. The van der Waals surface area contributed by atoms with Crippen LogP contribution < -0.4 is 9.47 Å². The second-order valence-electron chi connectivity index (χ2n) is 10.1. The number of hydrogen-bond donors (Lipinski definition) is 0. The minimum atomic E-state index is -3.55. The van der Waals surface area contributed by atoms with Crippen molar-refractivity contribution in [1.82, 2.24) is 4.31 Å². The van der Waals surface area contributed by atoms with Crippen LogP contribution in [0.2, 0.25) is 0 Å². The summed E-state index contributed by atoms with van der Waals surface area (Å²) < 4.78 is 32.1. The number of rotatable bonds is 9. The molecule has 4 rings (SSSR count). The van der Waals surface area contributed by atoms with E-state index in [0.29, 0.717) is 15.9 Å². The SMILES string of the molecule is CN1/C(=C/c2cc[n+](CCCI)c3ccccc23)Sc2cc(S(=O)(=O)N(C)CC[N+](C)(C)C)ccc21. The van der Waals surface area contributed by atoms with Crippen LogP contribution >= 0.6 is 34.4 Å². The Balaban J connectivity index is 1.62. The Morgan fingerprint density at radius 2 is 1.89 bits per heavy atom. The Morgan fingerprint density at radius 1 is 1.14 bits per heavy atom. The number of likely N-dealkylation sites (N-methyl/N-ethyl adjacent to an activating group) is 2. The van der Waals surface area contributed by atoms with Crippen molar-refractivity contribution >= 4 is 67.0 Å². The first-order valence-electron chi connectivity index (χ1n) is 12.0. The molecule has 0 atom stereocenters. The Morgan fingerprint density at radius 3 is 2.61 bits per heavy atom. The van der Waals surface area contributed by atoms with Crippen LogP contribution in [0, 0.1) is 0 Å². The van der Waals surface area contributed by atoms with Gasteiger partial charge < -0.3 is 9.38 Å². The minimum absolute atomic E-state index is 0.341. The molecule has 3 aromatic rings. The van der Waals surface area contributed by atoms with Gasteiger partial charge in [0, 0.05) is 42.0 Å². The van der Waals surface area contributed by atoms with Crippen LogP contribution in [0.25, 0.3) is 17.0 Å². The number of aryl methyl sites for hydroxylation is 1. The summed E-state index contributed by atoms with van der Waals surface area (Å²) in [6.45, 7) is 2.22. The van der Waals surface area contributed by atoms with Crippen molar-refractivity contribution in [2.45, 2.75) is 22.8 Å². The summed E-state index contributed by atoms with van der Waals surface area (Å²) in [5, 5.41) is 2.29. The van der Waals surface area contributed by atoms with E-state index in [1.165, 1.54) is 15.2 Å². The van der Waals surface area contributed by atoms with Crippen LogP contribution in [0.15, 0.2) is 69.5 Å². The predicted octanol–water partition coefficient (Wildman–Crippen LogP) is 4.82. The van der Waals surface area contributed by atoms with Gasteiger partial charge in [-0.25, -0.2) is 8.42 Å². The van der Waals surface area contributed by atoms with Crippen LogP contribution in [0.4, 0.5) is 5.69 Å². The first-order valence-corrected chi connectivity index (χ1v) is 15.8. The summed E-state index contributed by atoms with van der Waals surface area (Å²) in [5.41, 5.74) is 3.41. The van der Waals surface area contributed by atoms with Crippen LogP contribution in [0.5, 0.6) is 0 Å². The number of aromatic nitrogens is 1. The third kappa shape index (κ3) is 5.91. The van der Waals surface area contributed by atoms with E-state index in [0.717, 1.165) is 45.1 Å². The molecule has 2 heterocycles. The number of pyridine rings is 1. The Labute approximate surface area is 233 Å². The van der Waals surface area contributed by atoms with Crippen LogP contribution in [-0.2, 0) is 16.6 Å². The van der Waals surface area contributed by atoms with Crippen molar-refractivity contribution in [3.8, 4) is 0 Å². The van der Waals surface area contributed by atoms with Gasteiger partial charge in [-0.1, -0.05) is 46.5 Å². The van der Waals surface area contributed by atoms with Crippen molar-refractivity contribution in [1.29, 1.82) is 0 Å². The highest BCUT2D eigenvalue weighted by atomic mass is 127. The van der Waals surface area contributed by atoms with E-state index >= 15 is 0 Å². The molecule has 2 aromatic carbocycles. The van der Waals surface area contributed by atoms with Gasteiger partial charge in [0.15, 0.2) is 6.20 Å². The fraction of sp³-hybridized carbons (Fsp3) is 0.370. The first-order chi connectivity index (χ1) is 17.0. The maximum Gasteiger partial charge on any atom is 0.243 e. The maximum absolute atomic E-state index is 13.2. The van der Waals surface area contributed by atoms with Gasteiger partial charge in [-0.05, 0) is 35.9 Å². The monoisotopic (exact) mass is 638 g/mol. The zero-order valence-corrected chi connectivity index (χ0v) is 25.4. The lowest BCUT2D eigenvalue weighted by atomic mass is 10.1. The number of quaternary nitrogens is 1. The van der Waals surface area contributed by atoms with E-state index in [-0.39, 0.29) is 0 Å². The highest BCUT2D eigenvalue weighted by molar-refractivity contribution is 14.1. The van der Waals surface area contributed by atoms with E-state index in [1.807, 2.05) is 19.2 Å². The number of para-hydroxylation sites is 1. The molecule has 1 aliphatic heterocycles. The molecule has 1 aliphatic rings. The zero-order chi connectivity index (χ0) is 26.1. The Bertz CT molecular complexity index is 1400. The molecule has 0 spiro atoms. The first kappa shape index (κ1) is 27.4. The molecule has 192 valence electrons. The standard InChI is InChI=1S/C27H35IN4O2S2/c1-29(17-18-32(3,4)5)36(33,34)22-11-12-25-26(20-22)35-27(30(25)2)19-21-13-16-31(15-8-14-28)24-10-7-6-9-23(21)24/h6-7,9-13,16,19-20H,8,14-15,17-18H2,1-5H3/q+2. The van der Waals surface area contributed by atoms with E-state index in [4.69, 9.17) is 0 Å². The number of thioether (sulfide) groups is 1. The molecule has 0 N–H and O–H groups in total. The normalized spacial score (nSPS) is 15.3. The molecule has 9 heteroatoms. The Kier molecular flexibility index (Phi) is 8.35. The zero-order valence-electron chi connectivity index (χ0n) is 21.6. The number of nitrogens with zero attached hydrogens (tertiary/aromatic N) is 4. The predicted molar refractivity (Wildman–Crippen MR) is 159 cm³/mol. The number of alkyl halides is 1. The van der Waals surface area contributed by atoms with Crippen molar-refractivity contribution in [2.75, 3.05) is 57.7 Å². The molecule has 0 fully saturated rings. The summed E-state index contributed by atoms with van der Waals surface area (Å²) in [4.78, 5) is 3.44. The number of hydrogen-bond acceptors (Lipinski definition) is 4. The van der Waals surface area contributed by atoms with Gasteiger partial charge in [0.05, 0.1) is 55.2 Å². The molecule has 0 unspecified atom stereocenters. The average Bonchev–Trinajstić information content (AvgIpc) is 3.16.